The predicted octanol–water partition coefficient (Wildman–Crippen LogP) is 1.41. The number of aryl methyl sites for hydroxylation is 1. The Labute approximate surface area is 94.6 Å². The van der Waals surface area contributed by atoms with Gasteiger partial charge in [0.15, 0.2) is 0 Å². The van der Waals surface area contributed by atoms with Gasteiger partial charge in [0.1, 0.15) is 5.69 Å². The van der Waals surface area contributed by atoms with Crippen LogP contribution < -0.4 is 5.32 Å². The molecule has 0 aromatic carbocycles. The topological polar surface area (TPSA) is 46.9 Å². The molecule has 0 aliphatic heterocycles. The lowest BCUT2D eigenvalue weighted by molar-refractivity contribution is 0.0935. The van der Waals surface area contributed by atoms with E-state index in [0.29, 0.717) is 18.1 Å². The van der Waals surface area contributed by atoms with Gasteiger partial charge in [-0.2, -0.15) is 0 Å². The molecule has 1 aromatic heterocycles. The van der Waals surface area contributed by atoms with E-state index in [1.165, 1.54) is 0 Å². The highest BCUT2D eigenvalue weighted by Gasteiger charge is 2.18. The number of nitrogens with one attached hydrogen (secondary N) is 1. The molecule has 1 heterocycles. The highest BCUT2D eigenvalue weighted by molar-refractivity contribution is 6.18. The van der Waals surface area contributed by atoms with E-state index in [1.54, 1.807) is 17.1 Å². The Kier molecular flexibility index (Phi) is 3.74. The number of hydrogen-bond acceptors (Lipinski definition) is 2. The number of halogens is 1. The third-order valence-corrected chi connectivity index (χ3v) is 2.75. The van der Waals surface area contributed by atoms with Gasteiger partial charge in [0.05, 0.1) is 6.33 Å². The smallest absolute Gasteiger partial charge is 0.271 e. The summed E-state index contributed by atoms with van der Waals surface area (Å²) >= 11 is 5.76. The van der Waals surface area contributed by atoms with Crippen molar-refractivity contribution in [2.45, 2.75) is 13.8 Å². The van der Waals surface area contributed by atoms with E-state index in [9.17, 15) is 4.79 Å². The summed E-state index contributed by atoms with van der Waals surface area (Å²) in [7, 11) is 1.83. The molecule has 0 spiro atoms. The van der Waals surface area contributed by atoms with E-state index in [2.05, 4.69) is 10.3 Å². The first kappa shape index (κ1) is 12.0. The molecule has 1 rings (SSSR count). The fourth-order valence-corrected chi connectivity index (χ4v) is 1.08. The molecule has 4 nitrogen and oxygen atoms in total. The minimum Gasteiger partial charge on any atom is -0.350 e. The highest BCUT2D eigenvalue weighted by atomic mass is 35.5. The van der Waals surface area contributed by atoms with E-state index >= 15 is 0 Å². The Morgan fingerprint density at radius 2 is 2.33 bits per heavy atom. The molecule has 15 heavy (non-hydrogen) atoms. The molecule has 0 radical (unpaired) electrons. The number of amides is 1. The second-order valence-electron chi connectivity index (χ2n) is 4.40. The van der Waals surface area contributed by atoms with Crippen molar-refractivity contribution in [3.05, 3.63) is 18.2 Å². The van der Waals surface area contributed by atoms with Gasteiger partial charge in [-0.3, -0.25) is 4.79 Å². The third-order valence-electron chi connectivity index (χ3n) is 2.03. The Morgan fingerprint density at radius 3 is 2.80 bits per heavy atom. The third kappa shape index (κ3) is 3.55. The van der Waals surface area contributed by atoms with Gasteiger partial charge in [0, 0.05) is 25.7 Å². The van der Waals surface area contributed by atoms with Crippen LogP contribution in [0.15, 0.2) is 12.5 Å². The standard InChI is InChI=1S/C10H16ClN3O/c1-10(2,5-11)6-12-9(15)8-4-14(3)7-13-8/h4,7H,5-6H2,1-3H3,(H,12,15). The second kappa shape index (κ2) is 4.66. The number of rotatable bonds is 4. The maximum absolute atomic E-state index is 11.6. The van der Waals surface area contributed by atoms with Gasteiger partial charge in [-0.15, -0.1) is 11.6 Å². The van der Waals surface area contributed by atoms with Gasteiger partial charge in [0.25, 0.3) is 5.91 Å². The molecule has 0 saturated carbocycles. The summed E-state index contributed by atoms with van der Waals surface area (Å²) < 4.78 is 1.74. The van der Waals surface area contributed by atoms with Crippen LogP contribution in [0.5, 0.6) is 0 Å². The summed E-state index contributed by atoms with van der Waals surface area (Å²) in [6, 6.07) is 0. The number of nitrogens with zero attached hydrogens (tertiary/aromatic N) is 2. The molecular weight excluding hydrogens is 214 g/mol. The zero-order valence-corrected chi connectivity index (χ0v) is 10.0. The maximum atomic E-state index is 11.6. The second-order valence-corrected chi connectivity index (χ2v) is 4.67. The van der Waals surface area contributed by atoms with Crippen molar-refractivity contribution < 1.29 is 4.79 Å². The van der Waals surface area contributed by atoms with Crippen LogP contribution in [0.25, 0.3) is 0 Å². The average Bonchev–Trinajstić information content (AvgIpc) is 2.61. The van der Waals surface area contributed by atoms with Crippen LogP contribution in [0, 0.1) is 5.41 Å². The fourth-order valence-electron chi connectivity index (χ4n) is 0.987. The van der Waals surface area contributed by atoms with E-state index in [1.807, 2.05) is 20.9 Å². The maximum Gasteiger partial charge on any atom is 0.271 e. The Morgan fingerprint density at radius 1 is 1.67 bits per heavy atom. The van der Waals surface area contributed by atoms with Gasteiger partial charge in [-0.1, -0.05) is 13.8 Å². The first-order valence-electron chi connectivity index (χ1n) is 4.77. The molecule has 0 aliphatic carbocycles. The fraction of sp³-hybridized carbons (Fsp3) is 0.600. The Balaban J connectivity index is 2.50. The summed E-state index contributed by atoms with van der Waals surface area (Å²) in [6.07, 6.45) is 3.28. The van der Waals surface area contributed by atoms with Gasteiger partial charge in [-0.05, 0) is 5.41 Å². The van der Waals surface area contributed by atoms with Crippen molar-refractivity contribution in [1.29, 1.82) is 0 Å². The van der Waals surface area contributed by atoms with Crippen molar-refractivity contribution >= 4 is 17.5 Å². The van der Waals surface area contributed by atoms with Gasteiger partial charge in [-0.25, -0.2) is 4.98 Å². The minimum atomic E-state index is -0.159. The van der Waals surface area contributed by atoms with Crippen molar-refractivity contribution in [2.75, 3.05) is 12.4 Å². The lowest BCUT2D eigenvalue weighted by Crippen LogP contribution is -2.35. The average molecular weight is 230 g/mol. The first-order chi connectivity index (χ1) is 6.94. The van der Waals surface area contributed by atoms with Crippen LogP contribution in [0.3, 0.4) is 0 Å². The number of imidazole rings is 1. The summed E-state index contributed by atoms with van der Waals surface area (Å²) in [4.78, 5) is 15.6. The lowest BCUT2D eigenvalue weighted by Gasteiger charge is -2.21. The van der Waals surface area contributed by atoms with Gasteiger partial charge < -0.3 is 9.88 Å². The Hall–Kier alpha value is -1.03. The van der Waals surface area contributed by atoms with Crippen LogP contribution in [0.4, 0.5) is 0 Å². The monoisotopic (exact) mass is 229 g/mol. The SMILES string of the molecule is Cn1cnc(C(=O)NCC(C)(C)CCl)c1. The summed E-state index contributed by atoms with van der Waals surface area (Å²) in [6.45, 7) is 4.54. The van der Waals surface area contributed by atoms with E-state index in [-0.39, 0.29) is 11.3 Å². The number of carbonyl (C=O) groups is 1. The first-order valence-corrected chi connectivity index (χ1v) is 5.30. The summed E-state index contributed by atoms with van der Waals surface area (Å²) in [5, 5.41) is 2.80. The molecule has 0 atom stereocenters. The lowest BCUT2D eigenvalue weighted by atomic mass is 9.96. The largest absolute Gasteiger partial charge is 0.350 e. The van der Waals surface area contributed by atoms with E-state index < -0.39 is 0 Å². The van der Waals surface area contributed by atoms with Crippen LogP contribution in [0.2, 0.25) is 0 Å². The minimum absolute atomic E-state index is 0.0913. The van der Waals surface area contributed by atoms with Crippen LogP contribution in [0.1, 0.15) is 24.3 Å². The van der Waals surface area contributed by atoms with Gasteiger partial charge in [0.2, 0.25) is 0 Å². The quantitative estimate of drug-likeness (QED) is 0.794. The molecule has 0 unspecified atom stereocenters. The van der Waals surface area contributed by atoms with Crippen molar-refractivity contribution in [3.63, 3.8) is 0 Å². The number of alkyl halides is 1. The molecule has 5 heteroatoms. The van der Waals surface area contributed by atoms with Crippen LogP contribution in [-0.4, -0.2) is 27.9 Å². The zero-order chi connectivity index (χ0) is 11.5. The van der Waals surface area contributed by atoms with E-state index in [0.717, 1.165) is 0 Å². The number of carbonyl (C=O) groups excluding carboxylic acids is 1. The molecule has 1 N–H and O–H groups in total. The van der Waals surface area contributed by atoms with Crippen molar-refractivity contribution in [3.8, 4) is 0 Å². The Bertz CT molecular complexity index is 346. The summed E-state index contributed by atoms with van der Waals surface area (Å²) in [5.41, 5.74) is 0.342. The number of hydrogen-bond donors (Lipinski definition) is 1. The molecular formula is C10H16ClN3O. The molecule has 84 valence electrons. The molecule has 0 bridgehead atoms. The molecule has 1 aromatic rings. The van der Waals surface area contributed by atoms with Crippen molar-refractivity contribution in [1.82, 2.24) is 14.9 Å². The zero-order valence-electron chi connectivity index (χ0n) is 9.25. The van der Waals surface area contributed by atoms with Crippen LogP contribution >= 0.6 is 11.6 Å². The van der Waals surface area contributed by atoms with Crippen molar-refractivity contribution in [2.24, 2.45) is 12.5 Å². The molecule has 0 saturated heterocycles. The summed E-state index contributed by atoms with van der Waals surface area (Å²) in [5.74, 6) is 0.351. The normalized spacial score (nSPS) is 11.5. The number of aromatic nitrogens is 2. The van der Waals surface area contributed by atoms with Gasteiger partial charge >= 0.3 is 0 Å². The highest BCUT2D eigenvalue weighted by Crippen LogP contribution is 2.15. The molecule has 1 amide bonds. The predicted molar refractivity (Wildman–Crippen MR) is 60.0 cm³/mol. The van der Waals surface area contributed by atoms with E-state index in [4.69, 9.17) is 11.6 Å². The molecule has 0 fully saturated rings. The molecule has 0 aliphatic rings. The van der Waals surface area contributed by atoms with Crippen LogP contribution in [-0.2, 0) is 7.05 Å².